The van der Waals surface area contributed by atoms with Crippen molar-refractivity contribution in [3.05, 3.63) is 107 Å². The number of carbonyl (C=O) groups is 1. The lowest BCUT2D eigenvalue weighted by Gasteiger charge is -2.42. The van der Waals surface area contributed by atoms with Gasteiger partial charge < -0.3 is 10.5 Å². The molecule has 0 unspecified atom stereocenters. The van der Waals surface area contributed by atoms with E-state index in [1.165, 1.54) is 5.56 Å². The first kappa shape index (κ1) is 27.1. The second-order valence-corrected chi connectivity index (χ2v) is 12.4. The molecule has 1 aliphatic heterocycles. The van der Waals surface area contributed by atoms with Crippen LogP contribution >= 0.6 is 11.8 Å². The predicted molar refractivity (Wildman–Crippen MR) is 155 cm³/mol. The highest BCUT2D eigenvalue weighted by Crippen LogP contribution is 2.51. The van der Waals surface area contributed by atoms with Crippen LogP contribution in [0.25, 0.3) is 0 Å². The number of benzene rings is 3. The number of cyclic esters (lactones) is 1. The van der Waals surface area contributed by atoms with E-state index in [1.807, 2.05) is 30.3 Å². The fraction of sp³-hybridized carbons (Fsp3) is 0.364. The molecule has 3 nitrogen and oxygen atoms in total. The van der Waals surface area contributed by atoms with Crippen molar-refractivity contribution in [1.82, 2.24) is 0 Å². The summed E-state index contributed by atoms with van der Waals surface area (Å²) in [6, 6.07) is 28.8. The van der Waals surface area contributed by atoms with Crippen molar-refractivity contribution < 1.29 is 9.53 Å². The van der Waals surface area contributed by atoms with Gasteiger partial charge in [0.25, 0.3) is 0 Å². The highest BCUT2D eigenvalue weighted by molar-refractivity contribution is 8.03. The lowest BCUT2D eigenvalue weighted by molar-refractivity contribution is -0.159. The Hall–Kier alpha value is -2.98. The first-order valence-electron chi connectivity index (χ1n) is 13.3. The predicted octanol–water partition coefficient (Wildman–Crippen LogP) is 8.56. The number of ether oxygens (including phenoxy) is 1. The molecule has 0 aromatic heterocycles. The summed E-state index contributed by atoms with van der Waals surface area (Å²) >= 11 is 1.72. The van der Waals surface area contributed by atoms with Gasteiger partial charge in [-0.05, 0) is 60.1 Å². The van der Waals surface area contributed by atoms with Gasteiger partial charge in [-0.15, -0.1) is 0 Å². The van der Waals surface area contributed by atoms with Gasteiger partial charge in [0.05, 0.1) is 5.57 Å². The number of rotatable bonds is 9. The highest BCUT2D eigenvalue weighted by Gasteiger charge is 2.45. The molecule has 0 aliphatic carbocycles. The van der Waals surface area contributed by atoms with Crippen LogP contribution in [0, 0.1) is 5.41 Å². The molecule has 4 rings (SSSR count). The van der Waals surface area contributed by atoms with Crippen LogP contribution in [0.15, 0.2) is 100 Å². The number of nitrogens with two attached hydrogens (primary N) is 1. The van der Waals surface area contributed by atoms with E-state index in [-0.39, 0.29) is 17.3 Å². The summed E-state index contributed by atoms with van der Waals surface area (Å²) in [5.41, 5.74) is 9.29. The molecule has 2 atom stereocenters. The van der Waals surface area contributed by atoms with E-state index < -0.39 is 5.60 Å². The van der Waals surface area contributed by atoms with Crippen molar-refractivity contribution >= 4 is 23.4 Å². The van der Waals surface area contributed by atoms with Gasteiger partial charge in [-0.2, -0.15) is 0 Å². The minimum Gasteiger partial charge on any atom is -0.455 e. The van der Waals surface area contributed by atoms with Gasteiger partial charge in [-0.25, -0.2) is 4.79 Å². The molecule has 3 aromatic carbocycles. The molecule has 3 aromatic rings. The topological polar surface area (TPSA) is 52.3 Å². The lowest BCUT2D eigenvalue weighted by atomic mass is 9.70. The van der Waals surface area contributed by atoms with Gasteiger partial charge in [-0.3, -0.25) is 0 Å². The molecule has 0 bridgehead atoms. The van der Waals surface area contributed by atoms with Gasteiger partial charge >= 0.3 is 5.97 Å². The lowest BCUT2D eigenvalue weighted by Crippen LogP contribution is -2.42. The molecule has 4 heteroatoms. The van der Waals surface area contributed by atoms with E-state index in [0.29, 0.717) is 5.69 Å². The Balaban J connectivity index is 1.81. The van der Waals surface area contributed by atoms with Crippen molar-refractivity contribution in [2.45, 2.75) is 76.2 Å². The van der Waals surface area contributed by atoms with E-state index in [1.54, 1.807) is 11.8 Å². The molecule has 1 aliphatic rings. The van der Waals surface area contributed by atoms with Crippen LogP contribution in [0.3, 0.4) is 0 Å². The zero-order valence-electron chi connectivity index (χ0n) is 22.5. The average Bonchev–Trinajstić information content (AvgIpc) is 2.86. The first-order chi connectivity index (χ1) is 17.7. The molecule has 0 spiro atoms. The van der Waals surface area contributed by atoms with E-state index in [9.17, 15) is 4.79 Å². The van der Waals surface area contributed by atoms with Gasteiger partial charge in [-0.1, -0.05) is 107 Å². The Morgan fingerprint density at radius 1 is 0.946 bits per heavy atom. The Bertz CT molecular complexity index is 1230. The summed E-state index contributed by atoms with van der Waals surface area (Å²) < 4.78 is 6.50. The maximum atomic E-state index is 14.1. The second-order valence-electron chi connectivity index (χ2n) is 11.2. The number of aryl methyl sites for hydroxylation is 1. The molecule has 0 saturated carbocycles. The summed E-state index contributed by atoms with van der Waals surface area (Å²) in [6.07, 6.45) is 4.21. The molecular weight excluding hydrogens is 474 g/mol. The Labute approximate surface area is 226 Å². The molecule has 0 radical (unpaired) electrons. The Morgan fingerprint density at radius 2 is 1.62 bits per heavy atom. The van der Waals surface area contributed by atoms with Crippen molar-refractivity contribution in [2.24, 2.45) is 5.41 Å². The van der Waals surface area contributed by atoms with Crippen LogP contribution in [0.5, 0.6) is 0 Å². The number of carbonyl (C=O) groups excluding carboxylic acids is 1. The van der Waals surface area contributed by atoms with E-state index in [2.05, 4.69) is 82.3 Å². The van der Waals surface area contributed by atoms with Crippen LogP contribution < -0.4 is 5.73 Å². The molecule has 0 fully saturated rings. The van der Waals surface area contributed by atoms with Crippen molar-refractivity contribution in [1.29, 1.82) is 0 Å². The van der Waals surface area contributed by atoms with E-state index in [0.717, 1.165) is 53.0 Å². The number of esters is 1. The van der Waals surface area contributed by atoms with Gasteiger partial charge in [0.15, 0.2) is 0 Å². The first-order valence-corrected chi connectivity index (χ1v) is 14.1. The Morgan fingerprint density at radius 3 is 2.24 bits per heavy atom. The maximum absolute atomic E-state index is 14.1. The minimum atomic E-state index is -0.513. The van der Waals surface area contributed by atoms with Gasteiger partial charge in [0.2, 0.25) is 0 Å². The summed E-state index contributed by atoms with van der Waals surface area (Å²) in [4.78, 5) is 16.4. The third-order valence-corrected chi connectivity index (χ3v) is 8.23. The van der Waals surface area contributed by atoms with Crippen LogP contribution in [0.1, 0.15) is 70.4 Å². The molecule has 1 heterocycles. The highest BCUT2D eigenvalue weighted by atomic mass is 32.2. The normalized spacial score (nSPS) is 19.0. The fourth-order valence-electron chi connectivity index (χ4n) is 5.50. The molecular formula is C33H39NO2S. The standard InChI is InChI=1S/C33H39NO2S/c1-5-20-33(21-19-24-13-8-6-9-14-24)23-28(37-27-17-10-7-11-18-27)29(31(35)36-33)30(32(2,3)4)25-15-12-16-26(34)22-25/h6-18,22,30H,5,19-21,23,34H2,1-4H3/t30-,33-/m0/s1. The van der Waals surface area contributed by atoms with Gasteiger partial charge in [0, 0.05) is 27.8 Å². The molecule has 0 saturated heterocycles. The maximum Gasteiger partial charge on any atom is 0.336 e. The number of nitrogen functional groups attached to an aromatic ring is 1. The summed E-state index contributed by atoms with van der Waals surface area (Å²) in [5, 5.41) is 0. The van der Waals surface area contributed by atoms with E-state index in [4.69, 9.17) is 10.5 Å². The monoisotopic (exact) mass is 513 g/mol. The number of thioether (sulfide) groups is 1. The van der Waals surface area contributed by atoms with Crippen LogP contribution in [-0.4, -0.2) is 11.6 Å². The van der Waals surface area contributed by atoms with E-state index >= 15 is 0 Å². The zero-order chi connectivity index (χ0) is 26.5. The molecule has 194 valence electrons. The number of anilines is 1. The van der Waals surface area contributed by atoms with Crippen LogP contribution in [-0.2, 0) is 16.0 Å². The van der Waals surface area contributed by atoms with Crippen molar-refractivity contribution in [3.8, 4) is 0 Å². The minimum absolute atomic E-state index is 0.136. The largest absolute Gasteiger partial charge is 0.455 e. The SMILES string of the molecule is CCC[C@]1(CCc2ccccc2)CC(Sc2ccccc2)=C([C@H](c2cccc(N)c2)C(C)(C)C)C(=O)O1. The van der Waals surface area contributed by atoms with Crippen molar-refractivity contribution in [2.75, 3.05) is 5.73 Å². The summed E-state index contributed by atoms with van der Waals surface area (Å²) in [7, 11) is 0. The zero-order valence-corrected chi connectivity index (χ0v) is 23.3. The smallest absolute Gasteiger partial charge is 0.336 e. The number of hydrogen-bond donors (Lipinski definition) is 1. The van der Waals surface area contributed by atoms with Crippen LogP contribution in [0.2, 0.25) is 0 Å². The van der Waals surface area contributed by atoms with Gasteiger partial charge in [0.1, 0.15) is 5.60 Å². The third-order valence-electron chi connectivity index (χ3n) is 7.11. The van der Waals surface area contributed by atoms with Crippen molar-refractivity contribution in [3.63, 3.8) is 0 Å². The number of hydrogen-bond acceptors (Lipinski definition) is 4. The quantitative estimate of drug-likeness (QED) is 0.230. The molecule has 2 N–H and O–H groups in total. The third kappa shape index (κ3) is 6.67. The molecule has 0 amide bonds. The molecule has 37 heavy (non-hydrogen) atoms. The fourth-order valence-corrected chi connectivity index (χ4v) is 6.73. The van der Waals surface area contributed by atoms with Crippen LogP contribution in [0.4, 0.5) is 5.69 Å². The average molecular weight is 514 g/mol. The summed E-state index contributed by atoms with van der Waals surface area (Å²) in [5.74, 6) is -0.322. The Kier molecular flexibility index (Phi) is 8.49. The summed E-state index contributed by atoms with van der Waals surface area (Å²) in [6.45, 7) is 8.74. The second kappa shape index (κ2) is 11.6.